The van der Waals surface area contributed by atoms with Gasteiger partial charge in [-0.3, -0.25) is 0 Å². The zero-order valence-corrected chi connectivity index (χ0v) is 18.6. The average molecular weight is 403 g/mol. The largest absolute Gasteiger partial charge is 0.375 e. The molecule has 0 saturated heterocycles. The number of imidazole rings is 2. The van der Waals surface area contributed by atoms with Gasteiger partial charge in [0.15, 0.2) is 7.41 Å². The molecule has 4 N–H and O–H groups in total. The van der Waals surface area contributed by atoms with E-state index in [-0.39, 0.29) is 0 Å². The highest BCUT2D eigenvalue weighted by molar-refractivity contribution is 6.28. The van der Waals surface area contributed by atoms with Gasteiger partial charge in [0.1, 0.15) is 11.3 Å². The fourth-order valence-electron chi connectivity index (χ4n) is 3.07. The molecule has 2 radical (unpaired) electrons. The summed E-state index contributed by atoms with van der Waals surface area (Å²) in [6.07, 6.45) is 5.17. The Morgan fingerprint density at radius 1 is 0.933 bits per heavy atom. The minimum absolute atomic E-state index is 0.786. The second kappa shape index (κ2) is 12.2. The summed E-state index contributed by atoms with van der Waals surface area (Å²) in [5, 5.41) is 6.10. The van der Waals surface area contributed by atoms with Crippen LogP contribution in [0.15, 0.2) is 48.8 Å². The first-order valence-corrected chi connectivity index (χ1v) is 10.1. The Labute approximate surface area is 180 Å². The minimum atomic E-state index is 0.786. The first kappa shape index (κ1) is 23.7. The maximum Gasteiger partial charge on any atom is 0.307 e. The molecule has 4 aromatic rings. The number of pyridine rings is 2. The number of nitrogens with zero attached hydrogens (tertiary/aromatic N) is 4. The van der Waals surface area contributed by atoms with E-state index in [0.29, 0.717) is 0 Å². The van der Waals surface area contributed by atoms with Crippen molar-refractivity contribution in [2.75, 3.05) is 7.05 Å². The Balaban J connectivity index is 0.000000193. The SMILES string of the molecule is CCc1cccc2nc(C)cn12.CN[B]NCc1cccc2nc(C)cn12.C[B]N. The van der Waals surface area contributed by atoms with Crippen molar-refractivity contribution < 1.29 is 0 Å². The quantitative estimate of drug-likeness (QED) is 0.352. The molecule has 0 unspecified atom stereocenters. The van der Waals surface area contributed by atoms with E-state index < -0.39 is 0 Å². The van der Waals surface area contributed by atoms with Gasteiger partial charge in [0.2, 0.25) is 0 Å². The van der Waals surface area contributed by atoms with Gasteiger partial charge < -0.3 is 24.9 Å². The van der Waals surface area contributed by atoms with Crippen LogP contribution >= 0.6 is 0 Å². The van der Waals surface area contributed by atoms with Crippen LogP contribution in [0.2, 0.25) is 6.82 Å². The third-order valence-electron chi connectivity index (χ3n) is 4.29. The van der Waals surface area contributed by atoms with Crippen molar-refractivity contribution in [2.24, 2.45) is 5.64 Å². The second-order valence-corrected chi connectivity index (χ2v) is 6.76. The van der Waals surface area contributed by atoms with E-state index in [9.17, 15) is 0 Å². The van der Waals surface area contributed by atoms with Crippen molar-refractivity contribution in [1.82, 2.24) is 29.2 Å². The molecule has 4 heterocycles. The molecule has 4 rings (SSSR count). The maximum atomic E-state index is 4.72. The predicted molar refractivity (Wildman–Crippen MR) is 127 cm³/mol. The van der Waals surface area contributed by atoms with Crippen molar-refractivity contribution in [3.05, 3.63) is 71.6 Å². The van der Waals surface area contributed by atoms with E-state index >= 15 is 0 Å². The molecule has 156 valence electrons. The van der Waals surface area contributed by atoms with Crippen LogP contribution in [0, 0.1) is 13.8 Å². The lowest BCUT2D eigenvalue weighted by Gasteiger charge is -2.05. The summed E-state index contributed by atoms with van der Waals surface area (Å²) in [6, 6.07) is 12.3. The van der Waals surface area contributed by atoms with Crippen LogP contribution in [0.25, 0.3) is 11.3 Å². The summed E-state index contributed by atoms with van der Waals surface area (Å²) < 4.78 is 4.25. The highest BCUT2D eigenvalue weighted by Gasteiger charge is 2.02. The Hall–Kier alpha value is -2.61. The van der Waals surface area contributed by atoms with Gasteiger partial charge in [-0.25, -0.2) is 9.97 Å². The first-order valence-electron chi connectivity index (χ1n) is 10.1. The summed E-state index contributed by atoms with van der Waals surface area (Å²) in [6.45, 7) is 8.74. The molecule has 30 heavy (non-hydrogen) atoms. The first-order chi connectivity index (χ1) is 14.5. The fourth-order valence-corrected chi connectivity index (χ4v) is 3.07. The smallest absolute Gasteiger partial charge is 0.307 e. The standard InChI is InChI=1S/C10H14BN4.C10H12N2.CH5BN/c1-8-7-15-9(6-13-11-12-2)4-3-5-10(15)14-8;1-3-9-5-4-6-10-11-8(2)7-12(9)10;1-2-3/h3-5,7,12-13H,6H2,1-2H3;4-7H,3H2,1-2H3;3H2,1H3. The Kier molecular flexibility index (Phi) is 9.60. The van der Waals surface area contributed by atoms with Gasteiger partial charge >= 0.3 is 7.55 Å². The van der Waals surface area contributed by atoms with Crippen LogP contribution in [0.5, 0.6) is 0 Å². The lowest BCUT2D eigenvalue weighted by atomic mass is 10.0. The zero-order valence-electron chi connectivity index (χ0n) is 18.6. The summed E-state index contributed by atoms with van der Waals surface area (Å²) in [5.74, 6) is 0. The number of hydrogen-bond acceptors (Lipinski definition) is 5. The van der Waals surface area contributed by atoms with E-state index in [1.807, 2.05) is 52.8 Å². The lowest BCUT2D eigenvalue weighted by molar-refractivity contribution is 0.860. The third kappa shape index (κ3) is 6.45. The van der Waals surface area contributed by atoms with Crippen LogP contribution in [-0.2, 0) is 13.0 Å². The zero-order chi connectivity index (χ0) is 21.9. The summed E-state index contributed by atoms with van der Waals surface area (Å²) in [7, 11) is 5.19. The van der Waals surface area contributed by atoms with Crippen molar-refractivity contribution in [2.45, 2.75) is 40.6 Å². The minimum Gasteiger partial charge on any atom is -0.375 e. The van der Waals surface area contributed by atoms with Gasteiger partial charge in [0.05, 0.1) is 11.4 Å². The number of nitrogens with two attached hydrogens (primary N) is 1. The molecule has 0 aromatic carbocycles. The molecular formula is C21H31B2N7. The van der Waals surface area contributed by atoms with Gasteiger partial charge in [0.25, 0.3) is 0 Å². The van der Waals surface area contributed by atoms with Gasteiger partial charge in [-0.1, -0.05) is 25.9 Å². The molecule has 4 aromatic heterocycles. The van der Waals surface area contributed by atoms with E-state index in [1.54, 1.807) is 6.82 Å². The van der Waals surface area contributed by atoms with E-state index in [1.165, 1.54) is 18.8 Å². The monoisotopic (exact) mass is 403 g/mol. The molecule has 0 aliphatic heterocycles. The topological polar surface area (TPSA) is 84.7 Å². The molecule has 0 aliphatic rings. The second-order valence-electron chi connectivity index (χ2n) is 6.76. The maximum absolute atomic E-state index is 4.72. The highest BCUT2D eigenvalue weighted by Crippen LogP contribution is 2.09. The molecule has 0 amide bonds. The van der Waals surface area contributed by atoms with Crippen LogP contribution in [0.3, 0.4) is 0 Å². The number of aryl methyl sites for hydroxylation is 3. The van der Waals surface area contributed by atoms with Crippen molar-refractivity contribution in [3.8, 4) is 0 Å². The highest BCUT2D eigenvalue weighted by atomic mass is 15.0. The summed E-state index contributed by atoms with van der Waals surface area (Å²) >= 11 is 0. The van der Waals surface area contributed by atoms with E-state index in [0.717, 1.165) is 35.6 Å². The van der Waals surface area contributed by atoms with Crippen LogP contribution < -0.4 is 16.1 Å². The van der Waals surface area contributed by atoms with E-state index in [4.69, 9.17) is 5.64 Å². The molecule has 0 saturated carbocycles. The van der Waals surface area contributed by atoms with Crippen LogP contribution in [-0.4, -0.2) is 40.8 Å². The summed E-state index contributed by atoms with van der Waals surface area (Å²) in [5.41, 5.74) is 11.4. The molecule has 0 spiro atoms. The molecule has 0 atom stereocenters. The van der Waals surface area contributed by atoms with Gasteiger partial charge in [-0.15, -0.1) is 0 Å². The Bertz CT molecular complexity index is 1040. The van der Waals surface area contributed by atoms with Crippen LogP contribution in [0.1, 0.15) is 29.7 Å². The third-order valence-corrected chi connectivity index (χ3v) is 4.29. The van der Waals surface area contributed by atoms with Crippen LogP contribution in [0.4, 0.5) is 0 Å². The molecular weight excluding hydrogens is 372 g/mol. The normalized spacial score (nSPS) is 10.2. The molecule has 0 aliphatic carbocycles. The number of aromatic nitrogens is 4. The summed E-state index contributed by atoms with van der Waals surface area (Å²) in [4.78, 5) is 8.80. The number of rotatable bonds is 5. The van der Waals surface area contributed by atoms with Gasteiger partial charge in [-0.2, -0.15) is 0 Å². The lowest BCUT2D eigenvalue weighted by Crippen LogP contribution is -2.30. The van der Waals surface area contributed by atoms with Crippen molar-refractivity contribution in [3.63, 3.8) is 0 Å². The molecule has 7 nitrogen and oxygen atoms in total. The van der Waals surface area contributed by atoms with Gasteiger partial charge in [-0.05, 0) is 51.6 Å². The van der Waals surface area contributed by atoms with Crippen molar-refractivity contribution >= 4 is 26.3 Å². The van der Waals surface area contributed by atoms with Gasteiger partial charge in [0, 0.05) is 30.3 Å². The molecule has 0 fully saturated rings. The fraction of sp³-hybridized carbons (Fsp3) is 0.333. The molecule has 9 heteroatoms. The number of nitrogens with one attached hydrogen (secondary N) is 2. The van der Waals surface area contributed by atoms with Crippen molar-refractivity contribution in [1.29, 1.82) is 0 Å². The van der Waals surface area contributed by atoms with E-state index in [2.05, 4.69) is 60.5 Å². The number of fused-ring (bicyclic) bond motifs is 2. The average Bonchev–Trinajstić information content (AvgIpc) is 3.30. The predicted octanol–water partition coefficient (Wildman–Crippen LogP) is 2.30. The Morgan fingerprint density at radius 2 is 1.43 bits per heavy atom. The number of hydrogen-bond donors (Lipinski definition) is 3. The molecule has 0 bridgehead atoms. The Morgan fingerprint density at radius 3 is 1.93 bits per heavy atom.